The molecule has 1 atom stereocenters. The minimum Gasteiger partial charge on any atom is -0.394 e. The van der Waals surface area contributed by atoms with E-state index in [-0.39, 0.29) is 18.5 Å². The summed E-state index contributed by atoms with van der Waals surface area (Å²) in [6, 6.07) is 6.37. The molecule has 0 radical (unpaired) electrons. The molecule has 88 valence electrons. The average molecular weight is 224 g/mol. The van der Waals surface area contributed by atoms with Crippen LogP contribution in [0.25, 0.3) is 0 Å². The fraction of sp³-hybridized carbons (Fsp3) is 0.500. The van der Waals surface area contributed by atoms with Crippen molar-refractivity contribution in [3.05, 3.63) is 35.6 Å². The van der Waals surface area contributed by atoms with E-state index in [1.54, 1.807) is 12.1 Å². The van der Waals surface area contributed by atoms with Gasteiger partial charge in [0.1, 0.15) is 5.82 Å². The molecule has 0 aromatic heterocycles. The molecular formula is C12H17FN2O. The Balaban J connectivity index is 2.11. The number of nitrogens with zero attached hydrogens (tertiary/aromatic N) is 1. The number of benzene rings is 1. The molecule has 0 aliphatic carbocycles. The van der Waals surface area contributed by atoms with Crippen molar-refractivity contribution in [2.45, 2.75) is 6.04 Å². The second-order valence-corrected chi connectivity index (χ2v) is 4.04. The summed E-state index contributed by atoms with van der Waals surface area (Å²) in [5, 5.41) is 12.7. The van der Waals surface area contributed by atoms with Gasteiger partial charge in [0, 0.05) is 26.2 Å². The third-order valence-electron chi connectivity index (χ3n) is 3.02. The highest BCUT2D eigenvalue weighted by Gasteiger charge is 2.21. The minimum absolute atomic E-state index is 0.0114. The lowest BCUT2D eigenvalue weighted by Crippen LogP contribution is -2.46. The predicted molar refractivity (Wildman–Crippen MR) is 60.7 cm³/mol. The molecule has 1 aliphatic rings. The monoisotopic (exact) mass is 224 g/mol. The smallest absolute Gasteiger partial charge is 0.123 e. The van der Waals surface area contributed by atoms with Crippen LogP contribution in [-0.2, 0) is 0 Å². The van der Waals surface area contributed by atoms with Crippen molar-refractivity contribution < 1.29 is 9.50 Å². The summed E-state index contributed by atoms with van der Waals surface area (Å²) in [7, 11) is 0. The van der Waals surface area contributed by atoms with Crippen LogP contribution < -0.4 is 5.32 Å². The number of hydrogen-bond acceptors (Lipinski definition) is 3. The molecule has 4 heteroatoms. The fourth-order valence-electron chi connectivity index (χ4n) is 2.11. The van der Waals surface area contributed by atoms with Gasteiger partial charge in [-0.2, -0.15) is 0 Å². The van der Waals surface area contributed by atoms with E-state index in [0.717, 1.165) is 31.7 Å². The number of hydrogen-bond donors (Lipinski definition) is 2. The Morgan fingerprint density at radius 2 is 1.88 bits per heavy atom. The van der Waals surface area contributed by atoms with Crippen LogP contribution in [0.4, 0.5) is 4.39 Å². The zero-order valence-corrected chi connectivity index (χ0v) is 9.19. The van der Waals surface area contributed by atoms with Crippen molar-refractivity contribution in [2.75, 3.05) is 32.8 Å². The predicted octanol–water partition coefficient (Wildman–Crippen LogP) is 0.764. The van der Waals surface area contributed by atoms with Gasteiger partial charge in [-0.05, 0) is 17.7 Å². The molecule has 1 saturated heterocycles. The fourth-order valence-corrected chi connectivity index (χ4v) is 2.11. The van der Waals surface area contributed by atoms with Crippen molar-refractivity contribution in [3.8, 4) is 0 Å². The summed E-state index contributed by atoms with van der Waals surface area (Å²) >= 11 is 0. The van der Waals surface area contributed by atoms with Gasteiger partial charge in [0.05, 0.1) is 12.6 Å². The van der Waals surface area contributed by atoms with Crippen LogP contribution in [0.15, 0.2) is 24.3 Å². The second kappa shape index (κ2) is 5.39. The lowest BCUT2D eigenvalue weighted by atomic mass is 10.1. The largest absolute Gasteiger partial charge is 0.394 e. The zero-order valence-electron chi connectivity index (χ0n) is 9.19. The minimum atomic E-state index is -0.235. The van der Waals surface area contributed by atoms with Crippen molar-refractivity contribution in [3.63, 3.8) is 0 Å². The van der Waals surface area contributed by atoms with Gasteiger partial charge < -0.3 is 10.4 Å². The summed E-state index contributed by atoms with van der Waals surface area (Å²) in [5.41, 5.74) is 0.978. The van der Waals surface area contributed by atoms with E-state index in [9.17, 15) is 9.50 Å². The van der Waals surface area contributed by atoms with Gasteiger partial charge in [-0.3, -0.25) is 4.90 Å². The summed E-state index contributed by atoms with van der Waals surface area (Å²) in [5.74, 6) is -0.235. The average Bonchev–Trinajstić information content (AvgIpc) is 2.34. The van der Waals surface area contributed by atoms with Gasteiger partial charge in [-0.1, -0.05) is 12.1 Å². The quantitative estimate of drug-likeness (QED) is 0.796. The first kappa shape index (κ1) is 11.5. The van der Waals surface area contributed by atoms with E-state index in [1.165, 1.54) is 12.1 Å². The zero-order chi connectivity index (χ0) is 11.4. The first-order chi connectivity index (χ1) is 7.81. The van der Waals surface area contributed by atoms with Gasteiger partial charge in [-0.25, -0.2) is 4.39 Å². The molecule has 16 heavy (non-hydrogen) atoms. The number of aliphatic hydroxyl groups excluding tert-OH is 1. The van der Waals surface area contributed by atoms with Gasteiger partial charge in [-0.15, -0.1) is 0 Å². The number of rotatable bonds is 3. The van der Waals surface area contributed by atoms with Gasteiger partial charge in [0.15, 0.2) is 0 Å². The van der Waals surface area contributed by atoms with E-state index < -0.39 is 0 Å². The summed E-state index contributed by atoms with van der Waals surface area (Å²) < 4.78 is 12.8. The highest BCUT2D eigenvalue weighted by molar-refractivity contribution is 5.20. The van der Waals surface area contributed by atoms with Crippen LogP contribution in [0.5, 0.6) is 0 Å². The maximum atomic E-state index is 12.8. The number of nitrogens with one attached hydrogen (secondary N) is 1. The lowest BCUT2D eigenvalue weighted by molar-refractivity contribution is 0.111. The molecule has 0 amide bonds. The SMILES string of the molecule is OC[C@@H](c1ccc(F)cc1)N1CCNCC1. The van der Waals surface area contributed by atoms with E-state index in [0.29, 0.717) is 0 Å². The Bertz CT molecular complexity index is 322. The lowest BCUT2D eigenvalue weighted by Gasteiger charge is -2.34. The Kier molecular flexibility index (Phi) is 3.88. The van der Waals surface area contributed by atoms with E-state index >= 15 is 0 Å². The molecule has 3 nitrogen and oxygen atoms in total. The van der Waals surface area contributed by atoms with Gasteiger partial charge >= 0.3 is 0 Å². The van der Waals surface area contributed by atoms with Crippen molar-refractivity contribution in [1.82, 2.24) is 10.2 Å². The second-order valence-electron chi connectivity index (χ2n) is 4.04. The Hall–Kier alpha value is -0.970. The number of aliphatic hydroxyl groups is 1. The Morgan fingerprint density at radius 1 is 1.25 bits per heavy atom. The highest BCUT2D eigenvalue weighted by atomic mass is 19.1. The molecular weight excluding hydrogens is 207 g/mol. The molecule has 0 spiro atoms. The van der Waals surface area contributed by atoms with Gasteiger partial charge in [0.25, 0.3) is 0 Å². The van der Waals surface area contributed by atoms with Gasteiger partial charge in [0.2, 0.25) is 0 Å². The molecule has 0 bridgehead atoms. The van der Waals surface area contributed by atoms with Crippen molar-refractivity contribution in [2.24, 2.45) is 0 Å². The van der Waals surface area contributed by atoms with Crippen LogP contribution in [0, 0.1) is 5.82 Å². The number of halogens is 1. The molecule has 1 heterocycles. The molecule has 1 aromatic rings. The third-order valence-corrected chi connectivity index (χ3v) is 3.02. The summed E-state index contributed by atoms with van der Waals surface area (Å²) in [6.45, 7) is 3.80. The summed E-state index contributed by atoms with van der Waals surface area (Å²) in [4.78, 5) is 2.23. The third kappa shape index (κ3) is 2.58. The molecule has 1 fully saturated rings. The first-order valence-corrected chi connectivity index (χ1v) is 5.62. The van der Waals surface area contributed by atoms with Crippen LogP contribution >= 0.6 is 0 Å². The van der Waals surface area contributed by atoms with Crippen LogP contribution in [0.1, 0.15) is 11.6 Å². The van der Waals surface area contributed by atoms with Crippen molar-refractivity contribution >= 4 is 0 Å². The molecule has 1 aromatic carbocycles. The normalized spacial score (nSPS) is 19.6. The molecule has 2 N–H and O–H groups in total. The summed E-state index contributed by atoms with van der Waals surface area (Å²) in [6.07, 6.45) is 0. The molecule has 1 aliphatic heterocycles. The van der Waals surface area contributed by atoms with Crippen molar-refractivity contribution in [1.29, 1.82) is 0 Å². The molecule has 0 saturated carbocycles. The standard InChI is InChI=1S/C12H17FN2O/c13-11-3-1-10(2-4-11)12(9-16)15-7-5-14-6-8-15/h1-4,12,14,16H,5-9H2/t12-/m0/s1. The number of piperazine rings is 1. The molecule has 0 unspecified atom stereocenters. The van der Waals surface area contributed by atoms with Crippen LogP contribution in [-0.4, -0.2) is 42.8 Å². The molecule has 2 rings (SSSR count). The van der Waals surface area contributed by atoms with E-state index in [2.05, 4.69) is 10.2 Å². The van der Waals surface area contributed by atoms with E-state index in [4.69, 9.17) is 0 Å². The first-order valence-electron chi connectivity index (χ1n) is 5.62. The van der Waals surface area contributed by atoms with Crippen LogP contribution in [0.2, 0.25) is 0 Å². The highest BCUT2D eigenvalue weighted by Crippen LogP contribution is 2.20. The maximum absolute atomic E-state index is 12.8. The maximum Gasteiger partial charge on any atom is 0.123 e. The van der Waals surface area contributed by atoms with E-state index in [1.807, 2.05) is 0 Å². The topological polar surface area (TPSA) is 35.5 Å². The Labute approximate surface area is 94.9 Å². The Morgan fingerprint density at radius 3 is 2.44 bits per heavy atom. The van der Waals surface area contributed by atoms with Crippen LogP contribution in [0.3, 0.4) is 0 Å².